The van der Waals surface area contributed by atoms with Gasteiger partial charge in [0.25, 0.3) is 10.0 Å². The Balaban J connectivity index is 1.43. The molecule has 0 radical (unpaired) electrons. The molecule has 5 rings (SSSR count). The number of rotatable bonds is 5. The molecule has 0 bridgehead atoms. The third-order valence-corrected chi connectivity index (χ3v) is 6.41. The Morgan fingerprint density at radius 3 is 2.22 bits per heavy atom. The number of aromatic nitrogens is 5. The summed E-state index contributed by atoms with van der Waals surface area (Å²) in [6.07, 6.45) is 3.37. The van der Waals surface area contributed by atoms with E-state index in [0.717, 1.165) is 11.1 Å². The Hall–Kier alpha value is -3.82. The highest BCUT2D eigenvalue weighted by Gasteiger charge is 2.15. The van der Waals surface area contributed by atoms with Gasteiger partial charge in [-0.1, -0.05) is 23.7 Å². The predicted octanol–water partition coefficient (Wildman–Crippen LogP) is 4.31. The van der Waals surface area contributed by atoms with Gasteiger partial charge < -0.3 is 0 Å². The Kier molecular flexibility index (Phi) is 5.04. The standard InChI is InChI=1S/C22H15ClN6O2S/c23-17-3-7-19(8-4-17)32(30,31)28-18-5-1-15(2-6-18)20-9-10-21-25-26-22(29(21)27-20)16-11-13-24-14-12-16/h1-14,28H. The fourth-order valence-corrected chi connectivity index (χ4v) is 4.35. The van der Waals surface area contributed by atoms with Crippen LogP contribution >= 0.6 is 11.6 Å². The molecule has 0 unspecified atom stereocenters. The van der Waals surface area contributed by atoms with E-state index in [9.17, 15) is 8.42 Å². The molecule has 2 aromatic carbocycles. The number of anilines is 1. The van der Waals surface area contributed by atoms with Gasteiger partial charge in [0.2, 0.25) is 0 Å². The SMILES string of the molecule is O=S(=O)(Nc1ccc(-c2ccc3nnc(-c4ccncc4)n3n2)cc1)c1ccc(Cl)cc1. The van der Waals surface area contributed by atoms with Crippen LogP contribution < -0.4 is 4.72 Å². The summed E-state index contributed by atoms with van der Waals surface area (Å²) in [7, 11) is -3.72. The van der Waals surface area contributed by atoms with Gasteiger partial charge in [-0.15, -0.1) is 10.2 Å². The summed E-state index contributed by atoms with van der Waals surface area (Å²) >= 11 is 5.84. The molecule has 3 heterocycles. The average molecular weight is 463 g/mol. The third kappa shape index (κ3) is 3.91. The molecule has 158 valence electrons. The molecule has 10 heteroatoms. The Morgan fingerprint density at radius 1 is 0.781 bits per heavy atom. The first-order valence-electron chi connectivity index (χ1n) is 9.51. The topological polar surface area (TPSA) is 102 Å². The van der Waals surface area contributed by atoms with Crippen LogP contribution in [0.15, 0.2) is 90.1 Å². The van der Waals surface area contributed by atoms with E-state index in [2.05, 4.69) is 25.0 Å². The first-order valence-corrected chi connectivity index (χ1v) is 11.4. The number of sulfonamides is 1. The number of benzene rings is 2. The summed E-state index contributed by atoms with van der Waals surface area (Å²) in [6.45, 7) is 0. The lowest BCUT2D eigenvalue weighted by atomic mass is 10.1. The lowest BCUT2D eigenvalue weighted by molar-refractivity contribution is 0.601. The van der Waals surface area contributed by atoms with E-state index in [1.165, 1.54) is 24.3 Å². The lowest BCUT2D eigenvalue weighted by Gasteiger charge is -2.09. The third-order valence-electron chi connectivity index (χ3n) is 4.76. The molecule has 0 saturated carbocycles. The molecular weight excluding hydrogens is 448 g/mol. The number of pyridine rings is 1. The smallest absolute Gasteiger partial charge is 0.261 e. The van der Waals surface area contributed by atoms with Crippen LogP contribution in [0.1, 0.15) is 0 Å². The maximum Gasteiger partial charge on any atom is 0.261 e. The van der Waals surface area contributed by atoms with Crippen molar-refractivity contribution in [2.24, 2.45) is 0 Å². The number of hydrogen-bond acceptors (Lipinski definition) is 6. The fourth-order valence-electron chi connectivity index (χ4n) is 3.16. The van der Waals surface area contributed by atoms with Crippen molar-refractivity contribution < 1.29 is 8.42 Å². The van der Waals surface area contributed by atoms with Crippen molar-refractivity contribution in [3.8, 4) is 22.6 Å². The second-order valence-electron chi connectivity index (χ2n) is 6.88. The van der Waals surface area contributed by atoms with Crippen molar-refractivity contribution in [3.05, 3.63) is 90.2 Å². The van der Waals surface area contributed by atoms with Gasteiger partial charge in [0.1, 0.15) is 0 Å². The van der Waals surface area contributed by atoms with Gasteiger partial charge in [-0.25, -0.2) is 8.42 Å². The fraction of sp³-hybridized carbons (Fsp3) is 0. The summed E-state index contributed by atoms with van der Waals surface area (Å²) in [5.74, 6) is 0.608. The zero-order valence-electron chi connectivity index (χ0n) is 16.4. The molecule has 0 aliphatic rings. The molecule has 32 heavy (non-hydrogen) atoms. The van der Waals surface area contributed by atoms with E-state index >= 15 is 0 Å². The van der Waals surface area contributed by atoms with Crippen LogP contribution in [-0.4, -0.2) is 33.2 Å². The molecule has 0 aliphatic carbocycles. The maximum atomic E-state index is 12.6. The maximum absolute atomic E-state index is 12.6. The molecule has 0 fully saturated rings. The van der Waals surface area contributed by atoms with Crippen molar-refractivity contribution in [1.82, 2.24) is 24.8 Å². The van der Waals surface area contributed by atoms with E-state index < -0.39 is 10.0 Å². The molecule has 8 nitrogen and oxygen atoms in total. The number of hydrogen-bond donors (Lipinski definition) is 1. The first kappa shape index (κ1) is 20.1. The molecule has 1 N–H and O–H groups in total. The van der Waals surface area contributed by atoms with Crippen LogP contribution in [-0.2, 0) is 10.0 Å². The van der Waals surface area contributed by atoms with E-state index in [-0.39, 0.29) is 4.90 Å². The van der Waals surface area contributed by atoms with Gasteiger partial charge in [-0.05, 0) is 60.7 Å². The minimum absolute atomic E-state index is 0.134. The highest BCUT2D eigenvalue weighted by molar-refractivity contribution is 7.92. The van der Waals surface area contributed by atoms with Gasteiger partial charge in [-0.2, -0.15) is 9.61 Å². The zero-order valence-corrected chi connectivity index (χ0v) is 18.0. The molecule has 0 amide bonds. The Morgan fingerprint density at radius 2 is 1.50 bits per heavy atom. The van der Waals surface area contributed by atoms with E-state index in [1.807, 2.05) is 24.3 Å². The van der Waals surface area contributed by atoms with Gasteiger partial charge in [0.05, 0.1) is 10.6 Å². The van der Waals surface area contributed by atoms with Gasteiger partial charge in [-0.3, -0.25) is 9.71 Å². The predicted molar refractivity (Wildman–Crippen MR) is 122 cm³/mol. The largest absolute Gasteiger partial charge is 0.280 e. The second kappa shape index (κ2) is 8.03. The summed E-state index contributed by atoms with van der Waals surface area (Å²) in [6, 6.07) is 20.3. The van der Waals surface area contributed by atoms with E-state index in [1.54, 1.807) is 41.2 Å². The molecule has 0 atom stereocenters. The van der Waals surface area contributed by atoms with E-state index in [4.69, 9.17) is 11.6 Å². The zero-order chi connectivity index (χ0) is 22.1. The van der Waals surface area contributed by atoms with Gasteiger partial charge in [0, 0.05) is 34.2 Å². The van der Waals surface area contributed by atoms with Crippen molar-refractivity contribution >= 4 is 33.0 Å². The molecular formula is C22H15ClN6O2S. The first-order chi connectivity index (χ1) is 15.5. The number of nitrogens with one attached hydrogen (secondary N) is 1. The van der Waals surface area contributed by atoms with Crippen LogP contribution in [0.4, 0.5) is 5.69 Å². The van der Waals surface area contributed by atoms with Crippen LogP contribution in [0.5, 0.6) is 0 Å². The summed E-state index contributed by atoms with van der Waals surface area (Å²) < 4.78 is 29.4. The molecule has 5 aromatic rings. The number of halogens is 1. The van der Waals surface area contributed by atoms with Crippen molar-refractivity contribution in [2.75, 3.05) is 4.72 Å². The number of fused-ring (bicyclic) bond motifs is 1. The van der Waals surface area contributed by atoms with E-state index in [0.29, 0.717) is 27.9 Å². The molecule has 0 spiro atoms. The van der Waals surface area contributed by atoms with Crippen LogP contribution in [0, 0.1) is 0 Å². The molecule has 0 saturated heterocycles. The lowest BCUT2D eigenvalue weighted by Crippen LogP contribution is -2.12. The highest BCUT2D eigenvalue weighted by atomic mass is 35.5. The van der Waals surface area contributed by atoms with Crippen LogP contribution in [0.25, 0.3) is 28.3 Å². The van der Waals surface area contributed by atoms with Crippen molar-refractivity contribution in [2.45, 2.75) is 4.90 Å². The van der Waals surface area contributed by atoms with Crippen LogP contribution in [0.2, 0.25) is 5.02 Å². The average Bonchev–Trinajstić information content (AvgIpc) is 3.23. The summed E-state index contributed by atoms with van der Waals surface area (Å²) in [5, 5.41) is 13.5. The Bertz CT molecular complexity index is 1500. The Labute approximate surface area is 188 Å². The highest BCUT2D eigenvalue weighted by Crippen LogP contribution is 2.24. The molecule has 0 aliphatic heterocycles. The minimum atomic E-state index is -3.72. The van der Waals surface area contributed by atoms with Crippen molar-refractivity contribution in [1.29, 1.82) is 0 Å². The van der Waals surface area contributed by atoms with Crippen LogP contribution in [0.3, 0.4) is 0 Å². The molecule has 3 aromatic heterocycles. The summed E-state index contributed by atoms with van der Waals surface area (Å²) in [4.78, 5) is 4.16. The normalized spacial score (nSPS) is 11.5. The number of nitrogens with zero attached hydrogens (tertiary/aromatic N) is 5. The van der Waals surface area contributed by atoms with Gasteiger partial charge >= 0.3 is 0 Å². The quantitative estimate of drug-likeness (QED) is 0.417. The second-order valence-corrected chi connectivity index (χ2v) is 9.00. The summed E-state index contributed by atoms with van der Waals surface area (Å²) in [5.41, 5.74) is 3.42. The monoisotopic (exact) mass is 462 g/mol. The van der Waals surface area contributed by atoms with Gasteiger partial charge in [0.15, 0.2) is 11.5 Å². The van der Waals surface area contributed by atoms with Crippen molar-refractivity contribution in [3.63, 3.8) is 0 Å². The minimum Gasteiger partial charge on any atom is -0.280 e.